The molecule has 4 nitrogen and oxygen atoms in total. The molecule has 1 aromatic rings. The van der Waals surface area contributed by atoms with E-state index in [1.165, 1.54) is 13.2 Å². The summed E-state index contributed by atoms with van der Waals surface area (Å²) in [7, 11) is 1.36. The Balaban J connectivity index is 3.01. The van der Waals surface area contributed by atoms with Crippen molar-refractivity contribution >= 4 is 11.6 Å². The lowest BCUT2D eigenvalue weighted by Gasteiger charge is -2.26. The molecule has 1 unspecified atom stereocenters. The van der Waals surface area contributed by atoms with E-state index in [1.807, 2.05) is 0 Å². The zero-order valence-corrected chi connectivity index (χ0v) is 10.8. The fourth-order valence-electron chi connectivity index (χ4n) is 1.28. The Bertz CT molecular complexity index is 484. The minimum absolute atomic E-state index is 0.138. The summed E-state index contributed by atoms with van der Waals surface area (Å²) in [6, 6.07) is 4.69. The molecule has 0 saturated carbocycles. The Kier molecular flexibility index (Phi) is 4.09. The fourth-order valence-corrected chi connectivity index (χ4v) is 1.28. The quantitative estimate of drug-likeness (QED) is 0.889. The van der Waals surface area contributed by atoms with Crippen molar-refractivity contribution in [2.45, 2.75) is 25.6 Å². The predicted molar refractivity (Wildman–Crippen MR) is 65.0 cm³/mol. The van der Waals surface area contributed by atoms with Gasteiger partial charge in [-0.05, 0) is 31.5 Å². The van der Waals surface area contributed by atoms with E-state index in [4.69, 9.17) is 10.5 Å². The summed E-state index contributed by atoms with van der Waals surface area (Å²) in [6.45, 7) is 2.40. The minimum Gasteiger partial charge on any atom is -0.495 e. The molecule has 0 heterocycles. The highest BCUT2D eigenvalue weighted by molar-refractivity contribution is 5.99. The maximum absolute atomic E-state index is 12.6. The molecule has 1 atom stereocenters. The number of nitrogens with two attached hydrogens (primary N) is 1. The Hall–Kier alpha value is -1.76. The van der Waals surface area contributed by atoms with Gasteiger partial charge in [-0.15, -0.1) is 0 Å². The van der Waals surface area contributed by atoms with Gasteiger partial charge in [0, 0.05) is 0 Å². The lowest BCUT2D eigenvalue weighted by Crippen LogP contribution is -2.59. The van der Waals surface area contributed by atoms with Crippen LogP contribution in [0.4, 0.5) is 18.9 Å². The molecule has 0 bridgehead atoms. The summed E-state index contributed by atoms with van der Waals surface area (Å²) in [5, 5.41) is 2.13. The van der Waals surface area contributed by atoms with Crippen LogP contribution in [-0.2, 0) is 4.79 Å². The van der Waals surface area contributed by atoms with E-state index in [2.05, 4.69) is 5.32 Å². The summed E-state index contributed by atoms with van der Waals surface area (Å²) in [5.41, 5.74) is 3.05. The molecule has 3 N–H and O–H groups in total. The number of nitrogens with one attached hydrogen (secondary N) is 1. The number of hydrogen-bond acceptors (Lipinski definition) is 3. The Morgan fingerprint density at radius 2 is 1.95 bits per heavy atom. The van der Waals surface area contributed by atoms with Crippen LogP contribution in [-0.4, -0.2) is 24.7 Å². The van der Waals surface area contributed by atoms with Crippen molar-refractivity contribution in [2.75, 3.05) is 12.4 Å². The molecule has 0 radical (unpaired) electrons. The maximum Gasteiger partial charge on any atom is 0.415 e. The van der Waals surface area contributed by atoms with Crippen LogP contribution in [0.2, 0.25) is 0 Å². The third-order valence-corrected chi connectivity index (χ3v) is 2.67. The first-order chi connectivity index (χ1) is 8.59. The van der Waals surface area contributed by atoms with Crippen molar-refractivity contribution in [3.8, 4) is 5.75 Å². The van der Waals surface area contributed by atoms with Gasteiger partial charge in [0.15, 0.2) is 5.54 Å². The van der Waals surface area contributed by atoms with E-state index >= 15 is 0 Å². The van der Waals surface area contributed by atoms with Crippen molar-refractivity contribution in [1.82, 2.24) is 0 Å². The molecule has 0 aliphatic carbocycles. The number of benzene rings is 1. The van der Waals surface area contributed by atoms with Crippen molar-refractivity contribution in [1.29, 1.82) is 0 Å². The van der Waals surface area contributed by atoms with Crippen LogP contribution in [0.15, 0.2) is 18.2 Å². The van der Waals surface area contributed by atoms with Crippen molar-refractivity contribution in [2.24, 2.45) is 5.73 Å². The number of carbonyl (C=O) groups is 1. The Morgan fingerprint density at radius 1 is 1.37 bits per heavy atom. The Labute approximate surface area is 108 Å². The van der Waals surface area contributed by atoms with E-state index in [0.717, 1.165) is 5.56 Å². The lowest BCUT2D eigenvalue weighted by atomic mass is 10.0. The van der Waals surface area contributed by atoms with Gasteiger partial charge in [0.2, 0.25) is 0 Å². The largest absolute Gasteiger partial charge is 0.495 e. The second-order valence-corrected chi connectivity index (χ2v) is 4.36. The van der Waals surface area contributed by atoms with Crippen LogP contribution in [0.5, 0.6) is 5.75 Å². The molecule has 106 valence electrons. The molecule has 0 spiro atoms. The molecule has 0 aliphatic heterocycles. The van der Waals surface area contributed by atoms with Crippen molar-refractivity contribution in [3.05, 3.63) is 23.8 Å². The number of anilines is 1. The van der Waals surface area contributed by atoms with Crippen LogP contribution in [0, 0.1) is 6.92 Å². The number of rotatable bonds is 3. The van der Waals surface area contributed by atoms with E-state index < -0.39 is 17.6 Å². The highest BCUT2D eigenvalue weighted by atomic mass is 19.4. The topological polar surface area (TPSA) is 64.3 Å². The van der Waals surface area contributed by atoms with Gasteiger partial charge < -0.3 is 15.8 Å². The monoisotopic (exact) mass is 276 g/mol. The van der Waals surface area contributed by atoms with Crippen LogP contribution in [0.1, 0.15) is 12.5 Å². The Morgan fingerprint density at radius 3 is 2.42 bits per heavy atom. The van der Waals surface area contributed by atoms with Gasteiger partial charge in [0.25, 0.3) is 5.91 Å². The number of ether oxygens (including phenoxy) is 1. The van der Waals surface area contributed by atoms with Crippen LogP contribution in [0.25, 0.3) is 0 Å². The SMILES string of the molecule is COc1cc(C)ccc1NC(=O)C(C)(N)C(F)(F)F. The first-order valence-electron chi connectivity index (χ1n) is 5.41. The summed E-state index contributed by atoms with van der Waals surface area (Å²) in [5.74, 6) is -1.08. The van der Waals surface area contributed by atoms with Gasteiger partial charge in [-0.2, -0.15) is 13.2 Å². The average molecular weight is 276 g/mol. The number of hydrogen-bond donors (Lipinski definition) is 2. The third-order valence-electron chi connectivity index (χ3n) is 2.67. The number of alkyl halides is 3. The fraction of sp³-hybridized carbons (Fsp3) is 0.417. The molecular weight excluding hydrogens is 261 g/mol. The van der Waals surface area contributed by atoms with Crippen LogP contribution >= 0.6 is 0 Å². The van der Waals surface area contributed by atoms with Gasteiger partial charge >= 0.3 is 6.18 Å². The maximum atomic E-state index is 12.6. The second kappa shape index (κ2) is 5.08. The molecule has 1 aromatic carbocycles. The van der Waals surface area contributed by atoms with E-state index in [0.29, 0.717) is 6.92 Å². The van der Waals surface area contributed by atoms with Gasteiger partial charge in [-0.1, -0.05) is 6.07 Å². The predicted octanol–water partition coefficient (Wildman–Crippen LogP) is 2.22. The second-order valence-electron chi connectivity index (χ2n) is 4.36. The minimum atomic E-state index is -4.84. The lowest BCUT2D eigenvalue weighted by molar-refractivity contribution is -0.184. The highest BCUT2D eigenvalue weighted by Gasteiger charge is 2.54. The number of halogens is 3. The van der Waals surface area contributed by atoms with E-state index in [-0.39, 0.29) is 11.4 Å². The molecule has 1 amide bonds. The smallest absolute Gasteiger partial charge is 0.415 e. The van der Waals surface area contributed by atoms with Crippen molar-refractivity contribution in [3.63, 3.8) is 0 Å². The zero-order chi connectivity index (χ0) is 14.8. The molecule has 7 heteroatoms. The van der Waals surface area contributed by atoms with Gasteiger partial charge in [0.05, 0.1) is 12.8 Å². The molecule has 0 aliphatic rings. The average Bonchev–Trinajstić information content (AvgIpc) is 2.29. The summed E-state index contributed by atoms with van der Waals surface area (Å²) in [4.78, 5) is 11.6. The zero-order valence-electron chi connectivity index (χ0n) is 10.8. The molecule has 0 aromatic heterocycles. The van der Waals surface area contributed by atoms with Crippen LogP contribution in [0.3, 0.4) is 0 Å². The number of aryl methyl sites for hydroxylation is 1. The summed E-state index contributed by atoms with van der Waals surface area (Å²) < 4.78 is 42.8. The number of amides is 1. The van der Waals surface area contributed by atoms with Gasteiger partial charge in [0.1, 0.15) is 5.75 Å². The van der Waals surface area contributed by atoms with E-state index in [1.54, 1.807) is 19.1 Å². The van der Waals surface area contributed by atoms with Gasteiger partial charge in [-0.3, -0.25) is 4.79 Å². The first-order valence-corrected chi connectivity index (χ1v) is 5.41. The van der Waals surface area contributed by atoms with E-state index in [9.17, 15) is 18.0 Å². The van der Waals surface area contributed by atoms with Gasteiger partial charge in [-0.25, -0.2) is 0 Å². The highest BCUT2D eigenvalue weighted by Crippen LogP contribution is 2.31. The first kappa shape index (κ1) is 15.3. The summed E-state index contributed by atoms with van der Waals surface area (Å²) >= 11 is 0. The molecule has 19 heavy (non-hydrogen) atoms. The standard InChI is InChI=1S/C12H15F3N2O2/c1-7-4-5-8(9(6-7)19-3)17-10(18)11(2,16)12(13,14)15/h4-6H,16H2,1-3H3,(H,17,18). The normalized spacial score (nSPS) is 14.7. The molecule has 0 fully saturated rings. The molecular formula is C12H15F3N2O2. The third kappa shape index (κ3) is 3.17. The molecule has 0 saturated heterocycles. The summed E-state index contributed by atoms with van der Waals surface area (Å²) in [6.07, 6.45) is -4.84. The van der Waals surface area contributed by atoms with Crippen molar-refractivity contribution < 1.29 is 22.7 Å². The molecule has 1 rings (SSSR count). The number of carbonyl (C=O) groups excluding carboxylic acids is 1. The number of methoxy groups -OCH3 is 1. The van der Waals surface area contributed by atoms with Crippen LogP contribution < -0.4 is 15.8 Å².